The molecule has 0 radical (unpaired) electrons. The molecule has 5 rings (SSSR count). The van der Waals surface area contributed by atoms with Gasteiger partial charge in [0.1, 0.15) is 6.04 Å². The van der Waals surface area contributed by atoms with Crippen molar-refractivity contribution in [3.63, 3.8) is 0 Å². The second-order valence-corrected chi connectivity index (χ2v) is 7.52. The molecular formula is C21H16N4O5. The van der Waals surface area contributed by atoms with Crippen LogP contribution in [-0.4, -0.2) is 33.6 Å². The number of imide groups is 1. The lowest BCUT2D eigenvalue weighted by molar-refractivity contribution is -0.384. The number of hydrogen-bond acceptors (Lipinski definition) is 6. The van der Waals surface area contributed by atoms with Gasteiger partial charge in [-0.25, -0.2) is 4.90 Å². The number of non-ortho nitro benzene ring substituents is 1. The molecule has 3 aliphatic heterocycles. The molecule has 0 spiro atoms. The lowest BCUT2D eigenvalue weighted by Gasteiger charge is -2.34. The highest BCUT2D eigenvalue weighted by Crippen LogP contribution is 2.53. The predicted octanol–water partition coefficient (Wildman–Crippen LogP) is 1.60. The Hall–Kier alpha value is -4.01. The highest BCUT2D eigenvalue weighted by Gasteiger charge is 2.64. The molecule has 30 heavy (non-hydrogen) atoms. The van der Waals surface area contributed by atoms with Gasteiger partial charge in [0.25, 0.3) is 5.69 Å². The van der Waals surface area contributed by atoms with Crippen LogP contribution in [0, 0.1) is 22.0 Å². The van der Waals surface area contributed by atoms with E-state index in [1.807, 2.05) is 30.3 Å². The van der Waals surface area contributed by atoms with Crippen molar-refractivity contribution in [2.24, 2.45) is 17.6 Å². The summed E-state index contributed by atoms with van der Waals surface area (Å²) in [7, 11) is 0. The molecule has 150 valence electrons. The van der Waals surface area contributed by atoms with Gasteiger partial charge in [0.2, 0.25) is 17.7 Å². The Morgan fingerprint density at radius 1 is 1.03 bits per heavy atom. The first-order valence-electron chi connectivity index (χ1n) is 9.36. The molecule has 9 nitrogen and oxygen atoms in total. The fourth-order valence-electron chi connectivity index (χ4n) is 4.88. The second kappa shape index (κ2) is 6.24. The normalized spacial score (nSPS) is 26.4. The number of nitrogens with two attached hydrogens (primary N) is 1. The lowest BCUT2D eigenvalue weighted by Crippen LogP contribution is -2.46. The van der Waals surface area contributed by atoms with Gasteiger partial charge in [0, 0.05) is 18.3 Å². The summed E-state index contributed by atoms with van der Waals surface area (Å²) in [5.74, 6) is -3.54. The minimum Gasteiger partial charge on any atom is -0.368 e. The number of rotatable bonds is 3. The molecule has 2 fully saturated rings. The third kappa shape index (κ3) is 2.32. The van der Waals surface area contributed by atoms with Crippen molar-refractivity contribution in [3.05, 3.63) is 76.0 Å². The summed E-state index contributed by atoms with van der Waals surface area (Å²) in [5.41, 5.74) is 7.27. The fraction of sp³-hybridized carbons (Fsp3) is 0.190. The first-order chi connectivity index (χ1) is 14.4. The van der Waals surface area contributed by atoms with E-state index >= 15 is 0 Å². The summed E-state index contributed by atoms with van der Waals surface area (Å²) in [5, 5.41) is 11.1. The van der Waals surface area contributed by atoms with Gasteiger partial charge in [-0.05, 0) is 23.3 Å². The number of primary amides is 1. The van der Waals surface area contributed by atoms with Gasteiger partial charge in [-0.15, -0.1) is 0 Å². The van der Waals surface area contributed by atoms with Crippen molar-refractivity contribution in [1.29, 1.82) is 0 Å². The third-order valence-corrected chi connectivity index (χ3v) is 6.05. The maximum absolute atomic E-state index is 13.4. The Morgan fingerprint density at radius 2 is 1.77 bits per heavy atom. The lowest BCUT2D eigenvalue weighted by atomic mass is 9.84. The highest BCUT2D eigenvalue weighted by molar-refractivity contribution is 6.24. The number of anilines is 1. The van der Waals surface area contributed by atoms with Crippen LogP contribution in [0.4, 0.5) is 11.4 Å². The van der Waals surface area contributed by atoms with E-state index in [1.165, 1.54) is 24.3 Å². The Labute approximate surface area is 170 Å². The number of carbonyl (C=O) groups excluding carboxylic acids is 3. The molecule has 2 aromatic rings. The van der Waals surface area contributed by atoms with E-state index in [0.29, 0.717) is 0 Å². The predicted molar refractivity (Wildman–Crippen MR) is 106 cm³/mol. The summed E-state index contributed by atoms with van der Waals surface area (Å²) < 4.78 is 0. The van der Waals surface area contributed by atoms with Crippen LogP contribution in [-0.2, 0) is 14.4 Å². The van der Waals surface area contributed by atoms with Crippen molar-refractivity contribution in [3.8, 4) is 0 Å². The average molecular weight is 404 g/mol. The summed E-state index contributed by atoms with van der Waals surface area (Å²) >= 11 is 0. The van der Waals surface area contributed by atoms with E-state index in [2.05, 4.69) is 0 Å². The molecular weight excluding hydrogens is 388 g/mol. The third-order valence-electron chi connectivity index (χ3n) is 6.05. The van der Waals surface area contributed by atoms with E-state index in [4.69, 9.17) is 5.73 Å². The molecule has 0 saturated carbocycles. The molecule has 2 aromatic carbocycles. The van der Waals surface area contributed by atoms with Crippen molar-refractivity contribution in [2.45, 2.75) is 12.1 Å². The quantitative estimate of drug-likeness (QED) is 0.470. The van der Waals surface area contributed by atoms with Crippen molar-refractivity contribution < 1.29 is 19.3 Å². The topological polar surface area (TPSA) is 127 Å². The first-order valence-corrected chi connectivity index (χ1v) is 9.36. The zero-order valence-corrected chi connectivity index (χ0v) is 15.5. The molecule has 4 atom stereocenters. The van der Waals surface area contributed by atoms with Crippen LogP contribution in [0.1, 0.15) is 17.2 Å². The largest absolute Gasteiger partial charge is 0.368 e. The Morgan fingerprint density at radius 3 is 2.50 bits per heavy atom. The number of carbonyl (C=O) groups is 3. The van der Waals surface area contributed by atoms with Gasteiger partial charge in [-0.2, -0.15) is 0 Å². The first kappa shape index (κ1) is 18.0. The van der Waals surface area contributed by atoms with Gasteiger partial charge in [0.15, 0.2) is 0 Å². The molecule has 3 aliphatic rings. The van der Waals surface area contributed by atoms with Gasteiger partial charge in [-0.3, -0.25) is 24.5 Å². The van der Waals surface area contributed by atoms with Crippen LogP contribution in [0.2, 0.25) is 0 Å². The zero-order valence-electron chi connectivity index (χ0n) is 15.5. The summed E-state index contributed by atoms with van der Waals surface area (Å²) in [4.78, 5) is 52.3. The summed E-state index contributed by atoms with van der Waals surface area (Å²) in [6, 6.07) is 11.3. The molecule has 0 bridgehead atoms. The SMILES string of the molecule is NC(=O)[C@@H]1[C@@H]2C(=O)N(c3cccc([N+](=O)[O-])c3)C(=O)[C@@H]2[C@H]2c3ccccc3C=CN12. The van der Waals surface area contributed by atoms with E-state index in [-0.39, 0.29) is 11.4 Å². The van der Waals surface area contributed by atoms with Gasteiger partial charge >= 0.3 is 0 Å². The van der Waals surface area contributed by atoms with Crippen LogP contribution < -0.4 is 10.6 Å². The Bertz CT molecular complexity index is 1160. The number of hydrogen-bond donors (Lipinski definition) is 1. The minimum atomic E-state index is -0.982. The number of amides is 3. The van der Waals surface area contributed by atoms with Crippen molar-refractivity contribution in [1.82, 2.24) is 4.90 Å². The highest BCUT2D eigenvalue weighted by atomic mass is 16.6. The minimum absolute atomic E-state index is 0.114. The van der Waals surface area contributed by atoms with Crippen LogP contribution in [0.15, 0.2) is 54.7 Å². The zero-order chi connectivity index (χ0) is 21.2. The molecule has 9 heteroatoms. The number of nitrogens with zero attached hydrogens (tertiary/aromatic N) is 3. The Kier molecular flexibility index (Phi) is 3.76. The van der Waals surface area contributed by atoms with Crippen LogP contribution in [0.5, 0.6) is 0 Å². The van der Waals surface area contributed by atoms with Crippen LogP contribution in [0.3, 0.4) is 0 Å². The van der Waals surface area contributed by atoms with Crippen molar-refractivity contribution in [2.75, 3.05) is 4.90 Å². The fourth-order valence-corrected chi connectivity index (χ4v) is 4.88. The molecule has 3 heterocycles. The number of nitro benzene ring substituents is 1. The van der Waals surface area contributed by atoms with Gasteiger partial charge < -0.3 is 10.6 Å². The van der Waals surface area contributed by atoms with E-state index in [9.17, 15) is 24.5 Å². The van der Waals surface area contributed by atoms with Crippen LogP contribution in [0.25, 0.3) is 6.08 Å². The summed E-state index contributed by atoms with van der Waals surface area (Å²) in [6.07, 6.45) is 3.54. The van der Waals surface area contributed by atoms with E-state index in [1.54, 1.807) is 11.1 Å². The molecule has 2 N–H and O–H groups in total. The number of benzene rings is 2. The average Bonchev–Trinajstić information content (AvgIpc) is 3.21. The molecule has 0 unspecified atom stereocenters. The standard InChI is InChI=1S/C21H16N4O5/c22-19(26)18-16-15(17-14-7-2-1-4-11(14)8-9-23(17)18)20(27)24(21(16)28)12-5-3-6-13(10-12)25(29)30/h1-10,15-18H,(H2,22,26)/t15-,16+,17+,18-/m0/s1. The smallest absolute Gasteiger partial charge is 0.271 e. The molecule has 0 aliphatic carbocycles. The van der Waals surface area contributed by atoms with Crippen LogP contribution >= 0.6 is 0 Å². The number of fused-ring (bicyclic) bond motifs is 5. The second-order valence-electron chi connectivity index (χ2n) is 7.52. The van der Waals surface area contributed by atoms with Gasteiger partial charge in [0.05, 0.1) is 28.5 Å². The maximum atomic E-state index is 13.4. The Balaban J connectivity index is 1.64. The number of nitro groups is 1. The summed E-state index contributed by atoms with van der Waals surface area (Å²) in [6.45, 7) is 0. The molecule has 2 saturated heterocycles. The maximum Gasteiger partial charge on any atom is 0.271 e. The van der Waals surface area contributed by atoms with E-state index < -0.39 is 46.6 Å². The van der Waals surface area contributed by atoms with Gasteiger partial charge in [-0.1, -0.05) is 30.3 Å². The monoisotopic (exact) mass is 404 g/mol. The van der Waals surface area contributed by atoms with Crippen molar-refractivity contribution >= 4 is 35.2 Å². The molecule has 0 aromatic heterocycles. The molecule has 3 amide bonds. The van der Waals surface area contributed by atoms with E-state index in [0.717, 1.165) is 16.0 Å².